The zero-order valence-corrected chi connectivity index (χ0v) is 20.4. The summed E-state index contributed by atoms with van der Waals surface area (Å²) in [4.78, 5) is 14.2. The number of sulfonamides is 1. The van der Waals surface area contributed by atoms with E-state index >= 15 is 0 Å². The van der Waals surface area contributed by atoms with Crippen molar-refractivity contribution in [3.05, 3.63) is 59.4 Å². The first-order valence-corrected chi connectivity index (χ1v) is 13.0. The van der Waals surface area contributed by atoms with Crippen molar-refractivity contribution in [1.29, 1.82) is 0 Å². The van der Waals surface area contributed by atoms with Crippen LogP contribution in [-0.4, -0.2) is 62.4 Å². The third-order valence-electron chi connectivity index (χ3n) is 6.89. The Hall–Kier alpha value is -2.77. The highest BCUT2D eigenvalue weighted by atomic mass is 32.2. The fourth-order valence-corrected chi connectivity index (χ4v) is 6.50. The van der Waals surface area contributed by atoms with E-state index in [0.717, 1.165) is 46.8 Å². The molecule has 0 radical (unpaired) electrons. The van der Waals surface area contributed by atoms with Crippen molar-refractivity contribution in [2.75, 3.05) is 24.1 Å². The van der Waals surface area contributed by atoms with E-state index in [4.69, 9.17) is 5.73 Å². The highest BCUT2D eigenvalue weighted by molar-refractivity contribution is 7.92. The number of nitrogens with zero attached hydrogens (tertiary/aromatic N) is 2. The van der Waals surface area contributed by atoms with E-state index in [2.05, 4.69) is 0 Å². The molecule has 2 aliphatic rings. The van der Waals surface area contributed by atoms with Gasteiger partial charge in [-0.2, -0.15) is 13.2 Å². The Morgan fingerprint density at radius 3 is 2.35 bits per heavy atom. The first-order chi connectivity index (χ1) is 17.3. The lowest BCUT2D eigenvalue weighted by molar-refractivity contribution is -0.271. The number of fused-ring (bicyclic) bond motifs is 1. The molecular formula is C24H26F5N3O4S. The van der Waals surface area contributed by atoms with E-state index in [0.29, 0.717) is 19.5 Å². The number of carbonyl (C=O) groups excluding carboxylic acids is 1. The maximum absolute atomic E-state index is 13.7. The van der Waals surface area contributed by atoms with Gasteiger partial charge < -0.3 is 15.7 Å². The molecule has 1 saturated heterocycles. The molecule has 1 fully saturated rings. The summed E-state index contributed by atoms with van der Waals surface area (Å²) in [5.74, 6) is -0.987. The summed E-state index contributed by atoms with van der Waals surface area (Å²) in [5, 5.41) is 10.0. The number of likely N-dealkylation sites (tertiary alicyclic amines) is 1. The molecule has 2 heterocycles. The molecular weight excluding hydrogens is 521 g/mol. The largest absolute Gasteiger partial charge is 0.424 e. The molecule has 3 atom stereocenters. The second kappa shape index (κ2) is 9.84. The number of halogens is 5. The molecule has 0 aliphatic carbocycles. The molecule has 3 N–H and O–H groups in total. The molecule has 1 amide bonds. The van der Waals surface area contributed by atoms with Crippen LogP contribution in [0.5, 0.6) is 0 Å². The number of carbonyl (C=O) groups is 1. The number of hydrogen-bond donors (Lipinski definition) is 2. The van der Waals surface area contributed by atoms with Crippen LogP contribution >= 0.6 is 0 Å². The van der Waals surface area contributed by atoms with Gasteiger partial charge in [-0.15, -0.1) is 0 Å². The molecule has 202 valence electrons. The van der Waals surface area contributed by atoms with Crippen molar-refractivity contribution in [1.82, 2.24) is 4.90 Å². The Kier molecular flexibility index (Phi) is 7.25. The summed E-state index contributed by atoms with van der Waals surface area (Å²) in [6, 6.07) is 5.77. The van der Waals surface area contributed by atoms with Gasteiger partial charge in [0.05, 0.1) is 16.6 Å². The maximum Gasteiger partial charge on any atom is 0.424 e. The lowest BCUT2D eigenvalue weighted by Crippen LogP contribution is -2.47. The third-order valence-corrected chi connectivity index (χ3v) is 8.77. The number of nitrogens with two attached hydrogens (primary N) is 1. The monoisotopic (exact) mass is 547 g/mol. The predicted molar refractivity (Wildman–Crippen MR) is 124 cm³/mol. The van der Waals surface area contributed by atoms with E-state index in [9.17, 15) is 40.3 Å². The molecule has 4 rings (SSSR count). The van der Waals surface area contributed by atoms with Crippen LogP contribution in [-0.2, 0) is 26.8 Å². The van der Waals surface area contributed by atoms with Crippen molar-refractivity contribution in [3.63, 3.8) is 0 Å². The number of rotatable bonds is 6. The number of amides is 1. The maximum atomic E-state index is 13.7. The Morgan fingerprint density at radius 2 is 1.78 bits per heavy atom. The molecule has 0 bridgehead atoms. The van der Waals surface area contributed by atoms with E-state index in [-0.39, 0.29) is 47.4 Å². The van der Waals surface area contributed by atoms with Crippen LogP contribution in [0.4, 0.5) is 27.6 Å². The Bertz CT molecular complexity index is 1270. The fraction of sp³-hybridized carbons (Fsp3) is 0.458. The number of aryl methyl sites for hydroxylation is 1. The van der Waals surface area contributed by atoms with Crippen LogP contribution in [0.15, 0.2) is 47.4 Å². The highest BCUT2D eigenvalue weighted by Crippen LogP contribution is 2.43. The molecule has 2 aromatic carbocycles. The van der Waals surface area contributed by atoms with Crippen LogP contribution in [0, 0.1) is 5.82 Å². The summed E-state index contributed by atoms with van der Waals surface area (Å²) in [6.45, 7) is -1.37. The van der Waals surface area contributed by atoms with E-state index in [1.807, 2.05) is 0 Å². The number of hydrogen-bond acceptors (Lipinski definition) is 5. The third kappa shape index (κ3) is 5.04. The Balaban J connectivity index is 1.77. The number of anilines is 1. The molecule has 2 aromatic rings. The number of alkyl halides is 4. The van der Waals surface area contributed by atoms with Gasteiger partial charge in [0.1, 0.15) is 12.5 Å². The number of aliphatic hydroxyl groups is 1. The van der Waals surface area contributed by atoms with Gasteiger partial charge in [0.15, 0.2) is 0 Å². The predicted octanol–water partition coefficient (Wildman–Crippen LogP) is 3.00. The van der Waals surface area contributed by atoms with E-state index in [1.54, 1.807) is 0 Å². The topological polar surface area (TPSA) is 104 Å². The van der Waals surface area contributed by atoms with Gasteiger partial charge in [-0.3, -0.25) is 9.10 Å². The first-order valence-electron chi connectivity index (χ1n) is 11.6. The minimum atomic E-state index is -5.31. The van der Waals surface area contributed by atoms with Gasteiger partial charge in [-0.05, 0) is 60.7 Å². The van der Waals surface area contributed by atoms with Crippen molar-refractivity contribution in [3.8, 4) is 0 Å². The minimum Gasteiger partial charge on any atom is -0.374 e. The van der Waals surface area contributed by atoms with Crippen molar-refractivity contribution < 1.29 is 40.3 Å². The molecule has 7 nitrogen and oxygen atoms in total. The van der Waals surface area contributed by atoms with Crippen molar-refractivity contribution >= 4 is 21.6 Å². The molecule has 0 spiro atoms. The van der Waals surface area contributed by atoms with Crippen molar-refractivity contribution in [2.45, 2.75) is 54.4 Å². The summed E-state index contributed by atoms with van der Waals surface area (Å²) in [7, 11) is -4.39. The normalized spacial score (nSPS) is 22.0. The van der Waals surface area contributed by atoms with Gasteiger partial charge in [-0.1, -0.05) is 12.1 Å². The zero-order chi connectivity index (χ0) is 27.2. The van der Waals surface area contributed by atoms with Crippen LogP contribution in [0.1, 0.15) is 30.4 Å². The number of benzene rings is 2. The smallest absolute Gasteiger partial charge is 0.374 e. The Labute approximate surface area is 210 Å². The van der Waals surface area contributed by atoms with Crippen LogP contribution < -0.4 is 10.0 Å². The molecule has 1 unspecified atom stereocenters. The fourth-order valence-electron chi connectivity index (χ4n) is 4.79. The van der Waals surface area contributed by atoms with Crippen LogP contribution in [0.2, 0.25) is 0 Å². The lowest BCUT2D eigenvalue weighted by atomic mass is 9.88. The highest BCUT2D eigenvalue weighted by Gasteiger charge is 2.55. The van der Waals surface area contributed by atoms with Crippen LogP contribution in [0.3, 0.4) is 0 Å². The van der Waals surface area contributed by atoms with Gasteiger partial charge in [0, 0.05) is 25.6 Å². The molecule has 13 heteroatoms. The SMILES string of the molecule is N[C@H]1CCN(C(=O)C[C@@H]2CCc3cc(C(O)(CF)C(F)(F)F)ccc3N2S(=O)(=O)c2ccc(F)cc2)C1. The summed E-state index contributed by atoms with van der Waals surface area (Å²) in [5.41, 5.74) is 1.48. The second-order valence-corrected chi connectivity index (χ2v) is 11.2. The van der Waals surface area contributed by atoms with E-state index < -0.39 is 45.9 Å². The molecule has 2 aliphatic heterocycles. The average Bonchev–Trinajstić information content (AvgIpc) is 3.28. The summed E-state index contributed by atoms with van der Waals surface area (Å²) < 4.78 is 95.6. The molecule has 0 saturated carbocycles. The molecule has 0 aromatic heterocycles. The van der Waals surface area contributed by atoms with Gasteiger partial charge >= 0.3 is 6.18 Å². The average molecular weight is 548 g/mol. The van der Waals surface area contributed by atoms with Gasteiger partial charge in [0.2, 0.25) is 11.5 Å². The first kappa shape index (κ1) is 27.3. The van der Waals surface area contributed by atoms with Gasteiger partial charge in [-0.25, -0.2) is 17.2 Å². The van der Waals surface area contributed by atoms with Crippen LogP contribution in [0.25, 0.3) is 0 Å². The van der Waals surface area contributed by atoms with Crippen molar-refractivity contribution in [2.24, 2.45) is 5.73 Å². The summed E-state index contributed by atoms with van der Waals surface area (Å²) >= 11 is 0. The zero-order valence-electron chi connectivity index (χ0n) is 19.6. The van der Waals surface area contributed by atoms with Gasteiger partial charge in [0.25, 0.3) is 10.0 Å². The minimum absolute atomic E-state index is 0.00127. The summed E-state index contributed by atoms with van der Waals surface area (Å²) in [6.07, 6.45) is -4.75. The Morgan fingerprint density at radius 1 is 1.11 bits per heavy atom. The quantitative estimate of drug-likeness (QED) is 0.542. The standard InChI is InChI=1S/C24H26F5N3O4S/c25-14-23(34,24(27,28)29)16-2-8-21-15(11-16)1-5-19(12-22(33)31-10-9-18(30)13-31)32(21)37(35,36)20-6-3-17(26)4-7-20/h2-4,6-8,11,18-19,34H,1,5,9-10,12-14,30H2/t18-,19-,23?/m0/s1. The lowest BCUT2D eigenvalue weighted by Gasteiger charge is -2.39. The van der Waals surface area contributed by atoms with E-state index in [1.165, 1.54) is 4.90 Å². The second-order valence-electron chi connectivity index (χ2n) is 9.38. The molecule has 37 heavy (non-hydrogen) atoms.